The lowest BCUT2D eigenvalue weighted by Crippen LogP contribution is -2.28. The van der Waals surface area contributed by atoms with Crippen molar-refractivity contribution < 1.29 is 0 Å². The average molecular weight is 350 g/mol. The molecule has 1 aromatic carbocycles. The molecular weight excluding hydrogens is 328 g/mol. The number of nitrogens with zero attached hydrogens (tertiary/aromatic N) is 4. The predicted octanol–water partition coefficient (Wildman–Crippen LogP) is 4.26. The molecule has 3 rings (SSSR count). The van der Waals surface area contributed by atoms with E-state index in [2.05, 4.69) is 56.4 Å². The highest BCUT2D eigenvalue weighted by Crippen LogP contribution is 2.11. The monoisotopic (exact) mass is 350 g/mol. The van der Waals surface area contributed by atoms with Gasteiger partial charge in [0, 0.05) is 37.3 Å². The van der Waals surface area contributed by atoms with Gasteiger partial charge in [0.05, 0.1) is 11.2 Å². The zero-order valence-electron chi connectivity index (χ0n) is 14.4. The number of hydrogen-bond acceptors (Lipinski definition) is 5. The number of anilines is 1. The summed E-state index contributed by atoms with van der Waals surface area (Å²) in [5.74, 6) is 0.769. The van der Waals surface area contributed by atoms with Crippen LogP contribution in [-0.2, 0) is 12.8 Å². The fraction of sp³-hybridized carbons (Fsp3) is 0.250. The van der Waals surface area contributed by atoms with Crippen molar-refractivity contribution in [2.45, 2.75) is 19.8 Å². The second kappa shape index (κ2) is 9.08. The summed E-state index contributed by atoms with van der Waals surface area (Å²) in [5, 5.41) is 2.10. The maximum Gasteiger partial charge on any atom is 0.225 e. The van der Waals surface area contributed by atoms with Crippen molar-refractivity contribution in [1.82, 2.24) is 15.0 Å². The Hall–Kier alpha value is -2.53. The van der Waals surface area contributed by atoms with Gasteiger partial charge in [-0.25, -0.2) is 15.0 Å². The van der Waals surface area contributed by atoms with Crippen LogP contribution in [0, 0.1) is 0 Å². The lowest BCUT2D eigenvalue weighted by molar-refractivity contribution is 0.788. The molecule has 5 heteroatoms. The molecule has 128 valence electrons. The number of rotatable bonds is 8. The molecule has 0 bridgehead atoms. The molecule has 0 aliphatic rings. The molecule has 0 aliphatic heterocycles. The fourth-order valence-corrected chi connectivity index (χ4v) is 3.05. The van der Waals surface area contributed by atoms with Gasteiger partial charge in [-0.2, -0.15) is 0 Å². The van der Waals surface area contributed by atoms with Crippen LogP contribution < -0.4 is 4.90 Å². The highest BCUT2D eigenvalue weighted by molar-refractivity contribution is 7.07. The first-order valence-corrected chi connectivity index (χ1v) is 9.44. The van der Waals surface area contributed by atoms with Crippen molar-refractivity contribution in [3.05, 3.63) is 76.5 Å². The molecule has 0 fully saturated rings. The topological polar surface area (TPSA) is 41.9 Å². The molecule has 0 N–H and O–H groups in total. The number of thiazole rings is 1. The van der Waals surface area contributed by atoms with Crippen LogP contribution in [0.1, 0.15) is 23.7 Å². The zero-order valence-corrected chi connectivity index (χ0v) is 15.2. The highest BCUT2D eigenvalue weighted by Gasteiger charge is 2.09. The summed E-state index contributed by atoms with van der Waals surface area (Å²) in [6.07, 6.45) is 9.97. The third kappa shape index (κ3) is 5.22. The molecule has 0 aliphatic carbocycles. The zero-order chi connectivity index (χ0) is 17.3. The van der Waals surface area contributed by atoms with Crippen LogP contribution in [0.4, 0.5) is 5.95 Å². The number of aryl methyl sites for hydroxylation is 1. The minimum atomic E-state index is 0.768. The molecule has 2 heterocycles. The molecule has 0 atom stereocenters. The van der Waals surface area contributed by atoms with Crippen LogP contribution in [0.3, 0.4) is 0 Å². The number of aromatic nitrogens is 3. The van der Waals surface area contributed by atoms with E-state index >= 15 is 0 Å². The maximum atomic E-state index is 4.54. The minimum Gasteiger partial charge on any atom is -0.337 e. The quantitative estimate of drug-likeness (QED) is 0.609. The minimum absolute atomic E-state index is 0.768. The molecule has 0 radical (unpaired) electrons. The number of benzene rings is 1. The van der Waals surface area contributed by atoms with E-state index in [1.165, 1.54) is 5.56 Å². The Morgan fingerprint density at radius 2 is 1.88 bits per heavy atom. The van der Waals surface area contributed by atoms with Gasteiger partial charge in [-0.15, -0.1) is 11.3 Å². The van der Waals surface area contributed by atoms with Gasteiger partial charge in [0.15, 0.2) is 0 Å². The Kier molecular flexibility index (Phi) is 6.29. The Balaban J connectivity index is 1.69. The van der Waals surface area contributed by atoms with Crippen molar-refractivity contribution in [2.24, 2.45) is 0 Å². The molecule has 25 heavy (non-hydrogen) atoms. The first-order valence-electron chi connectivity index (χ1n) is 8.49. The maximum absolute atomic E-state index is 4.54. The molecule has 4 nitrogen and oxygen atoms in total. The molecule has 0 spiro atoms. The van der Waals surface area contributed by atoms with Crippen LogP contribution >= 0.6 is 11.3 Å². The van der Waals surface area contributed by atoms with Gasteiger partial charge in [-0.3, -0.25) is 0 Å². The van der Waals surface area contributed by atoms with Gasteiger partial charge in [-0.05, 0) is 17.5 Å². The van der Waals surface area contributed by atoms with Crippen molar-refractivity contribution >= 4 is 23.4 Å². The first kappa shape index (κ1) is 17.3. The van der Waals surface area contributed by atoms with Gasteiger partial charge in [0.25, 0.3) is 0 Å². The van der Waals surface area contributed by atoms with Crippen LogP contribution in [0.25, 0.3) is 6.08 Å². The molecule has 0 saturated carbocycles. The Morgan fingerprint density at radius 1 is 1.08 bits per heavy atom. The summed E-state index contributed by atoms with van der Waals surface area (Å²) in [7, 11) is 0. The smallest absolute Gasteiger partial charge is 0.225 e. The van der Waals surface area contributed by atoms with Gasteiger partial charge in [0.2, 0.25) is 5.95 Å². The SMILES string of the molecule is CCc1cnc(N(C/C=C/c2ccccc2)CCc2cscn2)nc1. The lowest BCUT2D eigenvalue weighted by Gasteiger charge is -2.20. The Labute approximate surface area is 152 Å². The molecular formula is C20H22N4S. The van der Waals surface area contributed by atoms with E-state index in [4.69, 9.17) is 0 Å². The molecule has 0 amide bonds. The van der Waals surface area contributed by atoms with Gasteiger partial charge in [-0.1, -0.05) is 49.4 Å². The summed E-state index contributed by atoms with van der Waals surface area (Å²) in [6, 6.07) is 10.3. The molecule has 3 aromatic rings. The summed E-state index contributed by atoms with van der Waals surface area (Å²) in [4.78, 5) is 15.6. The summed E-state index contributed by atoms with van der Waals surface area (Å²) in [5.41, 5.74) is 5.35. The van der Waals surface area contributed by atoms with Crippen molar-refractivity contribution in [1.29, 1.82) is 0 Å². The van der Waals surface area contributed by atoms with Gasteiger partial charge >= 0.3 is 0 Å². The van der Waals surface area contributed by atoms with Crippen molar-refractivity contribution in [3.63, 3.8) is 0 Å². The average Bonchev–Trinajstić information content (AvgIpc) is 3.19. The summed E-state index contributed by atoms with van der Waals surface area (Å²) < 4.78 is 0. The standard InChI is InChI=1S/C20H22N4S/c1-2-17-13-21-20(22-14-17)24(12-10-19-15-25-16-23-19)11-6-9-18-7-4-3-5-8-18/h3-9,13-16H,2,10-12H2,1H3/b9-6+. The van der Waals surface area contributed by atoms with E-state index < -0.39 is 0 Å². The first-order chi connectivity index (χ1) is 12.3. The third-order valence-electron chi connectivity index (χ3n) is 3.94. The largest absolute Gasteiger partial charge is 0.337 e. The van der Waals surface area contributed by atoms with Gasteiger partial charge < -0.3 is 4.90 Å². The predicted molar refractivity (Wildman–Crippen MR) is 105 cm³/mol. The second-order valence-electron chi connectivity index (χ2n) is 5.73. The second-order valence-corrected chi connectivity index (χ2v) is 6.45. The van der Waals surface area contributed by atoms with Crippen molar-refractivity contribution in [3.8, 4) is 0 Å². The van der Waals surface area contributed by atoms with E-state index in [1.54, 1.807) is 11.3 Å². The summed E-state index contributed by atoms with van der Waals surface area (Å²) >= 11 is 1.63. The van der Waals surface area contributed by atoms with E-state index in [-0.39, 0.29) is 0 Å². The van der Waals surface area contributed by atoms with E-state index in [0.717, 1.165) is 43.1 Å². The van der Waals surface area contributed by atoms with Crippen LogP contribution in [-0.4, -0.2) is 28.0 Å². The Bertz CT molecular complexity index is 767. The number of hydrogen-bond donors (Lipinski definition) is 0. The van der Waals surface area contributed by atoms with Crippen molar-refractivity contribution in [2.75, 3.05) is 18.0 Å². The van der Waals surface area contributed by atoms with E-state index in [1.807, 2.05) is 36.1 Å². The molecule has 0 unspecified atom stereocenters. The molecule has 0 saturated heterocycles. The molecule has 2 aromatic heterocycles. The summed E-state index contributed by atoms with van der Waals surface area (Å²) in [6.45, 7) is 3.72. The highest BCUT2D eigenvalue weighted by atomic mass is 32.1. The van der Waals surface area contributed by atoms with Gasteiger partial charge in [0.1, 0.15) is 0 Å². The Morgan fingerprint density at radius 3 is 2.56 bits per heavy atom. The lowest BCUT2D eigenvalue weighted by atomic mass is 10.2. The van der Waals surface area contributed by atoms with E-state index in [0.29, 0.717) is 0 Å². The van der Waals surface area contributed by atoms with E-state index in [9.17, 15) is 0 Å². The van der Waals surface area contributed by atoms with Crippen LogP contribution in [0.5, 0.6) is 0 Å². The fourth-order valence-electron chi connectivity index (χ4n) is 2.46. The normalized spacial score (nSPS) is 11.1. The third-order valence-corrected chi connectivity index (χ3v) is 4.58. The van der Waals surface area contributed by atoms with Crippen LogP contribution in [0.2, 0.25) is 0 Å². The van der Waals surface area contributed by atoms with Crippen LogP contribution in [0.15, 0.2) is 59.7 Å².